The van der Waals surface area contributed by atoms with Crippen LogP contribution in [0, 0.1) is 0 Å². The fraction of sp³-hybridized carbons (Fsp3) is 0.308. The quantitative estimate of drug-likeness (QED) is 0.512. The van der Waals surface area contributed by atoms with Crippen LogP contribution in [0.4, 0.5) is 0 Å². The molecule has 3 nitrogen and oxygen atoms in total. The molecule has 1 saturated heterocycles. The molecule has 2 aliphatic rings. The number of benzene rings is 3. The predicted octanol–water partition coefficient (Wildman–Crippen LogP) is 5.27. The lowest BCUT2D eigenvalue weighted by Gasteiger charge is -2.50. The van der Waals surface area contributed by atoms with Crippen molar-refractivity contribution in [2.24, 2.45) is 0 Å². The summed E-state index contributed by atoms with van der Waals surface area (Å²) in [6, 6.07) is 22.7. The zero-order chi connectivity index (χ0) is 19.6. The number of hydrogen-bond acceptors (Lipinski definition) is 2. The molecule has 6 rings (SSSR count). The highest BCUT2D eigenvalue weighted by Crippen LogP contribution is 2.52. The van der Waals surface area contributed by atoms with Gasteiger partial charge < -0.3 is 14.6 Å². The first-order chi connectivity index (χ1) is 14.2. The molecule has 0 radical (unpaired) electrons. The van der Waals surface area contributed by atoms with Gasteiger partial charge in [-0.15, -0.1) is 0 Å². The lowest BCUT2D eigenvalue weighted by atomic mass is 9.61. The summed E-state index contributed by atoms with van der Waals surface area (Å²) in [6.45, 7) is 1.13. The number of ether oxygens (including phenoxy) is 1. The summed E-state index contributed by atoms with van der Waals surface area (Å²) in [5.74, 6) is 0.949. The zero-order valence-corrected chi connectivity index (χ0v) is 17.0. The number of piperidine rings is 1. The van der Waals surface area contributed by atoms with Crippen molar-refractivity contribution in [3.05, 3.63) is 77.5 Å². The first kappa shape index (κ1) is 17.1. The molecule has 2 heterocycles. The van der Waals surface area contributed by atoms with Crippen LogP contribution >= 0.6 is 0 Å². The van der Waals surface area contributed by atoms with Gasteiger partial charge in [-0.25, -0.2) is 0 Å². The van der Waals surface area contributed by atoms with E-state index in [0.29, 0.717) is 6.04 Å². The normalized spacial score (nSPS) is 24.0. The van der Waals surface area contributed by atoms with E-state index in [2.05, 4.69) is 77.6 Å². The minimum Gasteiger partial charge on any atom is -0.497 e. The van der Waals surface area contributed by atoms with Gasteiger partial charge in [0.1, 0.15) is 5.75 Å². The van der Waals surface area contributed by atoms with E-state index in [9.17, 15) is 0 Å². The first-order valence-corrected chi connectivity index (χ1v) is 10.6. The van der Waals surface area contributed by atoms with Gasteiger partial charge in [-0.05, 0) is 55.1 Å². The Morgan fingerprint density at radius 2 is 1.93 bits per heavy atom. The number of nitrogens with zero attached hydrogens (tertiary/aromatic N) is 1. The van der Waals surface area contributed by atoms with Crippen molar-refractivity contribution in [2.75, 3.05) is 20.7 Å². The van der Waals surface area contributed by atoms with Crippen LogP contribution in [-0.4, -0.2) is 36.6 Å². The van der Waals surface area contributed by atoms with E-state index in [1.165, 1.54) is 44.9 Å². The second-order valence-electron chi connectivity index (χ2n) is 8.79. The van der Waals surface area contributed by atoms with E-state index in [1.807, 2.05) is 0 Å². The molecule has 3 aromatic carbocycles. The number of aromatic amines is 1. The van der Waals surface area contributed by atoms with Gasteiger partial charge in [0.15, 0.2) is 0 Å². The molecular formula is C26H26N2O. The van der Waals surface area contributed by atoms with Gasteiger partial charge in [-0.2, -0.15) is 0 Å². The lowest BCUT2D eigenvalue weighted by molar-refractivity contribution is 0.123. The van der Waals surface area contributed by atoms with Gasteiger partial charge in [0, 0.05) is 34.3 Å². The molecule has 0 amide bonds. The van der Waals surface area contributed by atoms with E-state index in [4.69, 9.17) is 4.74 Å². The van der Waals surface area contributed by atoms with Crippen molar-refractivity contribution in [2.45, 2.75) is 30.7 Å². The molecule has 0 spiro atoms. The van der Waals surface area contributed by atoms with E-state index < -0.39 is 0 Å². The average molecular weight is 383 g/mol. The molecule has 29 heavy (non-hydrogen) atoms. The Labute approximate surface area is 171 Å². The summed E-state index contributed by atoms with van der Waals surface area (Å²) in [7, 11) is 4.04. The minimum absolute atomic E-state index is 0.0417. The molecule has 1 aliphatic heterocycles. The van der Waals surface area contributed by atoms with Crippen molar-refractivity contribution in [1.82, 2.24) is 9.88 Å². The Morgan fingerprint density at radius 1 is 1.03 bits per heavy atom. The standard InChI is InChI=1S/C26H26N2O/c1-28-13-12-26(18-7-5-8-20(14-18)29-2)16-19(28)15-23-24(26)22-11-10-17-6-3-4-9-21(17)25(22)27-23/h3-11,14,19,27H,12-13,15-16H2,1-2H3/t19-,26-/m1/s1. The van der Waals surface area contributed by atoms with Crippen LogP contribution in [0.15, 0.2) is 60.7 Å². The topological polar surface area (TPSA) is 28.3 Å². The maximum Gasteiger partial charge on any atom is 0.119 e. The average Bonchev–Trinajstić information content (AvgIpc) is 3.16. The van der Waals surface area contributed by atoms with Crippen molar-refractivity contribution in [3.63, 3.8) is 0 Å². The number of nitrogens with one attached hydrogen (secondary N) is 1. The third kappa shape index (κ3) is 2.34. The summed E-state index contributed by atoms with van der Waals surface area (Å²) in [5.41, 5.74) is 5.67. The lowest BCUT2D eigenvalue weighted by Crippen LogP contribution is -2.52. The predicted molar refractivity (Wildman–Crippen MR) is 119 cm³/mol. The summed E-state index contributed by atoms with van der Waals surface area (Å²) in [6.07, 6.45) is 3.41. The van der Waals surface area contributed by atoms with Crippen LogP contribution in [0.25, 0.3) is 21.7 Å². The van der Waals surface area contributed by atoms with Crippen LogP contribution in [0.2, 0.25) is 0 Å². The Hall–Kier alpha value is -2.78. The Kier molecular flexibility index (Phi) is 3.60. The first-order valence-electron chi connectivity index (χ1n) is 10.6. The van der Waals surface area contributed by atoms with Crippen molar-refractivity contribution < 1.29 is 4.74 Å². The van der Waals surface area contributed by atoms with Crippen LogP contribution in [0.1, 0.15) is 29.7 Å². The molecule has 2 bridgehead atoms. The van der Waals surface area contributed by atoms with Gasteiger partial charge >= 0.3 is 0 Å². The number of hydrogen-bond donors (Lipinski definition) is 1. The third-order valence-electron chi connectivity index (χ3n) is 7.42. The smallest absolute Gasteiger partial charge is 0.119 e. The van der Waals surface area contributed by atoms with Gasteiger partial charge in [-0.1, -0.05) is 48.5 Å². The Bertz CT molecular complexity index is 1240. The second kappa shape index (κ2) is 6.11. The minimum atomic E-state index is 0.0417. The number of aromatic nitrogens is 1. The van der Waals surface area contributed by atoms with Gasteiger partial charge in [0.05, 0.1) is 12.6 Å². The molecule has 4 aromatic rings. The fourth-order valence-corrected chi connectivity index (χ4v) is 5.92. The van der Waals surface area contributed by atoms with Gasteiger partial charge in [0.2, 0.25) is 0 Å². The number of H-pyrrole nitrogens is 1. The monoisotopic (exact) mass is 382 g/mol. The number of likely N-dealkylation sites (N-methyl/N-ethyl adjacent to an activating group) is 1. The Morgan fingerprint density at radius 3 is 2.83 bits per heavy atom. The molecule has 3 heteroatoms. The van der Waals surface area contributed by atoms with Crippen LogP contribution in [-0.2, 0) is 11.8 Å². The molecule has 1 aromatic heterocycles. The van der Waals surface area contributed by atoms with Crippen LogP contribution in [0.5, 0.6) is 5.75 Å². The molecule has 1 aliphatic carbocycles. The number of rotatable bonds is 2. The summed E-state index contributed by atoms with van der Waals surface area (Å²) in [5, 5.41) is 4.02. The number of methoxy groups -OCH3 is 1. The largest absolute Gasteiger partial charge is 0.497 e. The third-order valence-corrected chi connectivity index (χ3v) is 7.42. The molecule has 2 atom stereocenters. The van der Waals surface area contributed by atoms with Crippen molar-refractivity contribution in [3.8, 4) is 5.75 Å². The maximum absolute atomic E-state index is 5.60. The van der Waals surface area contributed by atoms with Gasteiger partial charge in [0.25, 0.3) is 0 Å². The number of likely N-dealkylation sites (tertiary alicyclic amines) is 1. The summed E-state index contributed by atoms with van der Waals surface area (Å²) in [4.78, 5) is 6.42. The maximum atomic E-state index is 5.60. The van der Waals surface area contributed by atoms with Crippen LogP contribution < -0.4 is 4.74 Å². The Balaban J connectivity index is 1.68. The van der Waals surface area contributed by atoms with Gasteiger partial charge in [-0.3, -0.25) is 0 Å². The second-order valence-corrected chi connectivity index (χ2v) is 8.79. The fourth-order valence-electron chi connectivity index (χ4n) is 5.92. The van der Waals surface area contributed by atoms with Crippen LogP contribution in [0.3, 0.4) is 0 Å². The van der Waals surface area contributed by atoms with E-state index in [1.54, 1.807) is 7.11 Å². The summed E-state index contributed by atoms with van der Waals surface area (Å²) < 4.78 is 5.60. The van der Waals surface area contributed by atoms with E-state index in [0.717, 1.165) is 25.1 Å². The van der Waals surface area contributed by atoms with Crippen molar-refractivity contribution >= 4 is 21.7 Å². The molecule has 0 saturated carbocycles. The molecule has 1 N–H and O–H groups in total. The molecule has 1 fully saturated rings. The summed E-state index contributed by atoms with van der Waals surface area (Å²) >= 11 is 0. The highest BCUT2D eigenvalue weighted by atomic mass is 16.5. The van der Waals surface area contributed by atoms with E-state index >= 15 is 0 Å². The molecule has 0 unspecified atom stereocenters. The van der Waals surface area contributed by atoms with Crippen molar-refractivity contribution in [1.29, 1.82) is 0 Å². The zero-order valence-electron chi connectivity index (χ0n) is 17.0. The molecular weight excluding hydrogens is 356 g/mol. The van der Waals surface area contributed by atoms with E-state index in [-0.39, 0.29) is 5.41 Å². The highest BCUT2D eigenvalue weighted by Gasteiger charge is 2.48. The highest BCUT2D eigenvalue weighted by molar-refractivity contribution is 6.07. The number of fused-ring (bicyclic) bond motifs is 8. The SMILES string of the molecule is COc1cccc([C@]23CCN(C)[C@H](Cc4[nH]c5c(ccc6ccccc65)c42)C3)c1. The molecule has 146 valence electrons.